The Labute approximate surface area is 91.9 Å². The SMILES string of the molecule is O=[N+]([O-])c1ccnc(Cc2ccccc2)n1. The van der Waals surface area contributed by atoms with Crippen molar-refractivity contribution in [2.75, 3.05) is 0 Å². The third kappa shape index (κ3) is 2.38. The van der Waals surface area contributed by atoms with E-state index in [1.54, 1.807) is 0 Å². The molecular weight excluding hydrogens is 206 g/mol. The Morgan fingerprint density at radius 2 is 1.94 bits per heavy atom. The first kappa shape index (κ1) is 10.2. The van der Waals surface area contributed by atoms with Crippen LogP contribution >= 0.6 is 0 Å². The van der Waals surface area contributed by atoms with Gasteiger partial charge in [0.25, 0.3) is 0 Å². The van der Waals surface area contributed by atoms with E-state index in [9.17, 15) is 10.1 Å². The molecule has 0 amide bonds. The van der Waals surface area contributed by atoms with Crippen molar-refractivity contribution in [1.29, 1.82) is 0 Å². The molecule has 1 aromatic heterocycles. The summed E-state index contributed by atoms with van der Waals surface area (Å²) in [5.74, 6) is 0.293. The van der Waals surface area contributed by atoms with Crippen molar-refractivity contribution in [3.8, 4) is 0 Å². The molecule has 0 saturated carbocycles. The van der Waals surface area contributed by atoms with Gasteiger partial charge in [-0.05, 0) is 15.5 Å². The fraction of sp³-hybridized carbons (Fsp3) is 0.0909. The van der Waals surface area contributed by atoms with Crippen LogP contribution in [-0.4, -0.2) is 14.9 Å². The highest BCUT2D eigenvalue weighted by molar-refractivity contribution is 5.22. The summed E-state index contributed by atoms with van der Waals surface area (Å²) in [6.45, 7) is 0. The van der Waals surface area contributed by atoms with Gasteiger partial charge in [-0.3, -0.25) is 0 Å². The monoisotopic (exact) mass is 215 g/mol. The van der Waals surface area contributed by atoms with Gasteiger partial charge in [0.1, 0.15) is 0 Å². The predicted octanol–water partition coefficient (Wildman–Crippen LogP) is 1.98. The van der Waals surface area contributed by atoms with Crippen molar-refractivity contribution in [1.82, 2.24) is 9.97 Å². The van der Waals surface area contributed by atoms with Gasteiger partial charge >= 0.3 is 5.82 Å². The largest absolute Gasteiger partial charge is 0.367 e. The minimum Gasteiger partial charge on any atom is -0.358 e. The second-order valence-electron chi connectivity index (χ2n) is 3.25. The van der Waals surface area contributed by atoms with E-state index in [0.29, 0.717) is 12.2 Å². The van der Waals surface area contributed by atoms with E-state index in [1.807, 2.05) is 30.3 Å². The first-order valence-electron chi connectivity index (χ1n) is 4.76. The molecule has 0 fully saturated rings. The van der Waals surface area contributed by atoms with E-state index in [2.05, 4.69) is 9.97 Å². The van der Waals surface area contributed by atoms with Crippen LogP contribution in [0.15, 0.2) is 42.6 Å². The molecule has 0 radical (unpaired) electrons. The van der Waals surface area contributed by atoms with Gasteiger partial charge in [-0.1, -0.05) is 30.3 Å². The normalized spacial score (nSPS) is 10.0. The summed E-state index contributed by atoms with van der Waals surface area (Å²) in [6, 6.07) is 10.9. The number of nitro groups is 1. The molecule has 80 valence electrons. The number of hydrogen-bond acceptors (Lipinski definition) is 4. The molecule has 2 rings (SSSR count). The number of nitrogens with zero attached hydrogens (tertiary/aromatic N) is 3. The second kappa shape index (κ2) is 4.48. The van der Waals surface area contributed by atoms with Gasteiger partial charge in [-0.2, -0.15) is 0 Å². The van der Waals surface area contributed by atoms with E-state index in [4.69, 9.17) is 0 Å². The third-order valence-electron chi connectivity index (χ3n) is 2.08. The highest BCUT2D eigenvalue weighted by Crippen LogP contribution is 2.09. The summed E-state index contributed by atoms with van der Waals surface area (Å²) in [5, 5.41) is 10.5. The van der Waals surface area contributed by atoms with Gasteiger partial charge in [0.2, 0.25) is 5.82 Å². The Bertz CT molecular complexity index is 500. The Balaban J connectivity index is 2.22. The molecule has 0 bridgehead atoms. The second-order valence-corrected chi connectivity index (χ2v) is 3.25. The lowest BCUT2D eigenvalue weighted by Crippen LogP contribution is -1.99. The number of aromatic nitrogens is 2. The molecule has 0 aliphatic heterocycles. The van der Waals surface area contributed by atoms with Crippen LogP contribution in [0.25, 0.3) is 0 Å². The zero-order valence-electron chi connectivity index (χ0n) is 8.41. The molecule has 0 saturated heterocycles. The molecule has 0 N–H and O–H groups in total. The highest BCUT2D eigenvalue weighted by Gasteiger charge is 2.10. The van der Waals surface area contributed by atoms with Gasteiger partial charge in [0.15, 0.2) is 0 Å². The van der Waals surface area contributed by atoms with E-state index in [0.717, 1.165) is 5.56 Å². The maximum atomic E-state index is 10.5. The molecular formula is C11H9N3O2. The first-order valence-corrected chi connectivity index (χ1v) is 4.76. The molecule has 0 aliphatic carbocycles. The van der Waals surface area contributed by atoms with Crippen LogP contribution in [0, 0.1) is 10.1 Å². The smallest absolute Gasteiger partial charge is 0.358 e. The van der Waals surface area contributed by atoms with Crippen molar-refractivity contribution < 1.29 is 4.92 Å². The van der Waals surface area contributed by atoms with Gasteiger partial charge in [0.05, 0.1) is 12.5 Å². The van der Waals surface area contributed by atoms with Crippen LogP contribution < -0.4 is 0 Å². The Morgan fingerprint density at radius 3 is 2.62 bits per heavy atom. The van der Waals surface area contributed by atoms with Crippen LogP contribution in [0.5, 0.6) is 0 Å². The van der Waals surface area contributed by atoms with Crippen molar-refractivity contribution in [3.63, 3.8) is 0 Å². The maximum absolute atomic E-state index is 10.5. The Morgan fingerprint density at radius 1 is 1.19 bits per heavy atom. The minimum atomic E-state index is -0.518. The fourth-order valence-electron chi connectivity index (χ4n) is 1.35. The summed E-state index contributed by atoms with van der Waals surface area (Å²) in [7, 11) is 0. The third-order valence-corrected chi connectivity index (χ3v) is 2.08. The lowest BCUT2D eigenvalue weighted by Gasteiger charge is -1.96. The van der Waals surface area contributed by atoms with Gasteiger partial charge in [-0.15, -0.1) is 0 Å². The van der Waals surface area contributed by atoms with Crippen molar-refractivity contribution in [2.45, 2.75) is 6.42 Å². The van der Waals surface area contributed by atoms with Crippen LogP contribution in [0.2, 0.25) is 0 Å². The Hall–Kier alpha value is -2.30. The molecule has 0 unspecified atom stereocenters. The van der Waals surface area contributed by atoms with E-state index in [1.165, 1.54) is 12.3 Å². The van der Waals surface area contributed by atoms with Crippen LogP contribution in [0.1, 0.15) is 11.4 Å². The average molecular weight is 215 g/mol. The zero-order valence-corrected chi connectivity index (χ0v) is 8.41. The van der Waals surface area contributed by atoms with Crippen LogP contribution in [0.3, 0.4) is 0 Å². The molecule has 5 heteroatoms. The lowest BCUT2D eigenvalue weighted by atomic mass is 10.1. The summed E-state index contributed by atoms with van der Waals surface area (Å²) >= 11 is 0. The molecule has 16 heavy (non-hydrogen) atoms. The van der Waals surface area contributed by atoms with E-state index < -0.39 is 4.92 Å². The molecule has 2 aromatic rings. The van der Waals surface area contributed by atoms with Crippen molar-refractivity contribution in [2.24, 2.45) is 0 Å². The minimum absolute atomic E-state index is 0.166. The van der Waals surface area contributed by atoms with Gasteiger partial charge in [0, 0.05) is 6.20 Å². The molecule has 0 atom stereocenters. The lowest BCUT2D eigenvalue weighted by molar-refractivity contribution is -0.389. The molecule has 1 heterocycles. The van der Waals surface area contributed by atoms with E-state index >= 15 is 0 Å². The van der Waals surface area contributed by atoms with Crippen LogP contribution in [-0.2, 0) is 6.42 Å². The quantitative estimate of drug-likeness (QED) is 0.579. The first-order chi connectivity index (χ1) is 7.75. The standard InChI is InChI=1S/C11H9N3O2/c15-14(16)11-6-7-12-10(13-11)8-9-4-2-1-3-5-9/h1-7H,8H2. The molecule has 1 aromatic carbocycles. The summed E-state index contributed by atoms with van der Waals surface area (Å²) in [5.41, 5.74) is 1.03. The zero-order chi connectivity index (χ0) is 11.4. The van der Waals surface area contributed by atoms with Crippen molar-refractivity contribution >= 4 is 5.82 Å². The van der Waals surface area contributed by atoms with Gasteiger partial charge < -0.3 is 10.1 Å². The number of hydrogen-bond donors (Lipinski definition) is 0. The van der Waals surface area contributed by atoms with Crippen molar-refractivity contribution in [3.05, 3.63) is 64.1 Å². The summed E-state index contributed by atoms with van der Waals surface area (Å²) < 4.78 is 0. The number of rotatable bonds is 3. The Kier molecular flexibility index (Phi) is 2.86. The topological polar surface area (TPSA) is 68.9 Å². The molecule has 0 aliphatic rings. The van der Waals surface area contributed by atoms with Gasteiger partial charge in [-0.25, -0.2) is 4.98 Å². The molecule has 5 nitrogen and oxygen atoms in total. The summed E-state index contributed by atoms with van der Waals surface area (Å²) in [6.07, 6.45) is 1.91. The fourth-order valence-corrected chi connectivity index (χ4v) is 1.35. The average Bonchev–Trinajstić information content (AvgIpc) is 2.30. The van der Waals surface area contributed by atoms with E-state index in [-0.39, 0.29) is 5.82 Å². The van der Waals surface area contributed by atoms with Crippen LogP contribution in [0.4, 0.5) is 5.82 Å². The maximum Gasteiger partial charge on any atom is 0.367 e. The number of benzene rings is 1. The molecule has 0 spiro atoms. The predicted molar refractivity (Wildman–Crippen MR) is 57.9 cm³/mol. The highest BCUT2D eigenvalue weighted by atomic mass is 16.6. The summed E-state index contributed by atoms with van der Waals surface area (Å²) in [4.78, 5) is 17.9.